The number of pyridine rings is 1. The fraction of sp³-hybridized carbons (Fsp3) is 0.350. The normalized spacial score (nSPS) is 15.4. The number of nitrogens with zero attached hydrogens (tertiary/aromatic N) is 4. The van der Waals surface area contributed by atoms with E-state index in [1.165, 1.54) is 0 Å². The molecule has 5 nitrogen and oxygen atoms in total. The van der Waals surface area contributed by atoms with Crippen LogP contribution >= 0.6 is 0 Å². The van der Waals surface area contributed by atoms with E-state index >= 15 is 0 Å². The molecule has 3 aromatic rings. The summed E-state index contributed by atoms with van der Waals surface area (Å²) in [4.78, 5) is 23.6. The van der Waals surface area contributed by atoms with Crippen LogP contribution in [-0.2, 0) is 13.0 Å². The van der Waals surface area contributed by atoms with E-state index in [0.717, 1.165) is 11.3 Å². The number of fused-ring (bicyclic) bond motifs is 2. The molecule has 0 saturated heterocycles. The lowest BCUT2D eigenvalue weighted by Crippen LogP contribution is -2.31. The maximum absolute atomic E-state index is 12.9. The highest BCUT2D eigenvalue weighted by atomic mass is 19.4. The molecule has 0 unspecified atom stereocenters. The molecular weight excluding hydrogens is 369 g/mol. The SMILES string of the molecule is O=c1c2ccc(-c3ccccn3)cc2nc2n1CCN(CCC(F)(F)F)CC2. The molecule has 3 heterocycles. The number of halogens is 3. The largest absolute Gasteiger partial charge is 0.390 e. The third kappa shape index (κ3) is 3.91. The first-order chi connectivity index (χ1) is 13.4. The van der Waals surface area contributed by atoms with Crippen LogP contribution in [0.25, 0.3) is 22.2 Å². The summed E-state index contributed by atoms with van der Waals surface area (Å²) in [7, 11) is 0. The average molecular weight is 388 g/mol. The Labute approximate surface area is 159 Å². The van der Waals surface area contributed by atoms with E-state index in [4.69, 9.17) is 0 Å². The highest BCUT2D eigenvalue weighted by Gasteiger charge is 2.28. The second-order valence-corrected chi connectivity index (χ2v) is 6.89. The second kappa shape index (κ2) is 7.35. The first-order valence-corrected chi connectivity index (χ1v) is 9.15. The van der Waals surface area contributed by atoms with Crippen LogP contribution in [0.1, 0.15) is 12.2 Å². The minimum Gasteiger partial charge on any atom is -0.301 e. The number of rotatable bonds is 3. The van der Waals surface area contributed by atoms with Gasteiger partial charge >= 0.3 is 6.18 Å². The summed E-state index contributed by atoms with van der Waals surface area (Å²) in [5.74, 6) is 0.616. The van der Waals surface area contributed by atoms with Gasteiger partial charge in [-0.05, 0) is 24.3 Å². The smallest absolute Gasteiger partial charge is 0.301 e. The molecule has 4 rings (SSSR count). The van der Waals surface area contributed by atoms with E-state index in [-0.39, 0.29) is 12.1 Å². The van der Waals surface area contributed by atoms with Gasteiger partial charge in [0.15, 0.2) is 0 Å². The summed E-state index contributed by atoms with van der Waals surface area (Å²) >= 11 is 0. The summed E-state index contributed by atoms with van der Waals surface area (Å²) in [6.45, 7) is 1.14. The van der Waals surface area contributed by atoms with Crippen LogP contribution in [0.3, 0.4) is 0 Å². The summed E-state index contributed by atoms with van der Waals surface area (Å²) in [5, 5.41) is 0.507. The van der Waals surface area contributed by atoms with Crippen molar-refractivity contribution in [2.45, 2.75) is 25.6 Å². The fourth-order valence-electron chi connectivity index (χ4n) is 3.50. The third-order valence-electron chi connectivity index (χ3n) is 5.00. The molecule has 0 fully saturated rings. The van der Waals surface area contributed by atoms with Gasteiger partial charge in [-0.25, -0.2) is 4.98 Å². The number of aromatic nitrogens is 3. The van der Waals surface area contributed by atoms with E-state index in [1.54, 1.807) is 21.7 Å². The molecule has 2 aromatic heterocycles. The van der Waals surface area contributed by atoms with Crippen LogP contribution in [0, 0.1) is 0 Å². The Bertz CT molecular complexity index is 1050. The van der Waals surface area contributed by atoms with Gasteiger partial charge in [0.05, 0.1) is 23.0 Å². The highest BCUT2D eigenvalue weighted by Crippen LogP contribution is 2.22. The molecule has 28 heavy (non-hydrogen) atoms. The Morgan fingerprint density at radius 1 is 1.07 bits per heavy atom. The van der Waals surface area contributed by atoms with Crippen LogP contribution in [0.5, 0.6) is 0 Å². The maximum atomic E-state index is 12.9. The van der Waals surface area contributed by atoms with E-state index in [1.807, 2.05) is 30.3 Å². The van der Waals surface area contributed by atoms with E-state index in [0.29, 0.717) is 42.8 Å². The molecule has 0 N–H and O–H groups in total. The van der Waals surface area contributed by atoms with Gasteiger partial charge in [-0.2, -0.15) is 13.2 Å². The first kappa shape index (κ1) is 18.6. The van der Waals surface area contributed by atoms with Gasteiger partial charge in [0.1, 0.15) is 5.82 Å². The van der Waals surface area contributed by atoms with E-state index in [2.05, 4.69) is 9.97 Å². The minimum absolute atomic E-state index is 0.0599. The van der Waals surface area contributed by atoms with Gasteiger partial charge < -0.3 is 4.90 Å². The van der Waals surface area contributed by atoms with Gasteiger partial charge in [-0.1, -0.05) is 12.1 Å². The molecule has 0 saturated carbocycles. The molecule has 0 amide bonds. The van der Waals surface area contributed by atoms with Crippen molar-refractivity contribution in [2.24, 2.45) is 0 Å². The van der Waals surface area contributed by atoms with Gasteiger partial charge in [-0.15, -0.1) is 0 Å². The van der Waals surface area contributed by atoms with E-state index in [9.17, 15) is 18.0 Å². The average Bonchev–Trinajstić information content (AvgIpc) is 2.89. The van der Waals surface area contributed by atoms with Crippen LogP contribution in [0.2, 0.25) is 0 Å². The Balaban J connectivity index is 1.64. The molecule has 0 spiro atoms. The highest BCUT2D eigenvalue weighted by molar-refractivity contribution is 5.83. The first-order valence-electron chi connectivity index (χ1n) is 9.15. The number of benzene rings is 1. The molecule has 1 aromatic carbocycles. The Hall–Kier alpha value is -2.74. The monoisotopic (exact) mass is 388 g/mol. The predicted molar refractivity (Wildman–Crippen MR) is 100 cm³/mol. The van der Waals surface area contributed by atoms with Crippen molar-refractivity contribution in [3.8, 4) is 11.3 Å². The van der Waals surface area contributed by atoms with Crippen LogP contribution in [0.15, 0.2) is 47.4 Å². The Morgan fingerprint density at radius 2 is 1.93 bits per heavy atom. The summed E-state index contributed by atoms with van der Waals surface area (Å²) in [5.41, 5.74) is 2.10. The molecule has 0 aliphatic carbocycles. The quantitative estimate of drug-likeness (QED) is 0.691. The van der Waals surface area contributed by atoms with E-state index < -0.39 is 12.6 Å². The van der Waals surface area contributed by atoms with Crippen molar-refractivity contribution < 1.29 is 13.2 Å². The van der Waals surface area contributed by atoms with Crippen molar-refractivity contribution in [2.75, 3.05) is 19.6 Å². The fourth-order valence-corrected chi connectivity index (χ4v) is 3.50. The van der Waals surface area contributed by atoms with Gasteiger partial charge in [-0.3, -0.25) is 14.3 Å². The zero-order valence-electron chi connectivity index (χ0n) is 15.1. The van der Waals surface area contributed by atoms with Gasteiger partial charge in [0.25, 0.3) is 5.56 Å². The Kier molecular flexibility index (Phi) is 4.89. The molecule has 0 bridgehead atoms. The van der Waals surface area contributed by atoms with Crippen LogP contribution in [-0.4, -0.2) is 45.2 Å². The molecule has 1 aliphatic rings. The van der Waals surface area contributed by atoms with Crippen molar-refractivity contribution in [1.29, 1.82) is 0 Å². The minimum atomic E-state index is -4.18. The van der Waals surface area contributed by atoms with Gasteiger partial charge in [0.2, 0.25) is 0 Å². The molecule has 146 valence electrons. The summed E-state index contributed by atoms with van der Waals surface area (Å²) < 4.78 is 39.1. The predicted octanol–water partition coefficient (Wildman–Crippen LogP) is 3.27. The third-order valence-corrected chi connectivity index (χ3v) is 5.00. The van der Waals surface area contributed by atoms with Crippen molar-refractivity contribution in [3.05, 3.63) is 58.8 Å². The molecule has 0 atom stereocenters. The molecule has 0 radical (unpaired) electrons. The molecule has 8 heteroatoms. The lowest BCUT2D eigenvalue weighted by Gasteiger charge is -2.19. The maximum Gasteiger partial charge on any atom is 0.390 e. The van der Waals surface area contributed by atoms with Crippen LogP contribution < -0.4 is 5.56 Å². The standard InChI is InChI=1S/C20H19F3N4O/c21-20(22,23)7-10-26-9-6-18-25-17-13-14(16-3-1-2-8-24-16)4-5-15(17)19(28)27(18)12-11-26/h1-5,8,13H,6-7,9-12H2. The van der Waals surface area contributed by atoms with Crippen molar-refractivity contribution in [1.82, 2.24) is 19.4 Å². The second-order valence-electron chi connectivity index (χ2n) is 6.89. The lowest BCUT2D eigenvalue weighted by atomic mass is 10.1. The molecule has 1 aliphatic heterocycles. The number of hydrogen-bond donors (Lipinski definition) is 0. The number of hydrogen-bond acceptors (Lipinski definition) is 4. The zero-order chi connectivity index (χ0) is 19.7. The molecular formula is C20H19F3N4O. The number of alkyl halides is 3. The topological polar surface area (TPSA) is 51.0 Å². The van der Waals surface area contributed by atoms with Crippen molar-refractivity contribution >= 4 is 10.9 Å². The summed E-state index contributed by atoms with van der Waals surface area (Å²) in [6.07, 6.45) is -2.88. The lowest BCUT2D eigenvalue weighted by molar-refractivity contribution is -0.137. The van der Waals surface area contributed by atoms with Gasteiger partial charge in [0, 0.05) is 44.4 Å². The summed E-state index contributed by atoms with van der Waals surface area (Å²) in [6, 6.07) is 11.0. The Morgan fingerprint density at radius 3 is 2.68 bits per heavy atom. The van der Waals surface area contributed by atoms with Crippen LogP contribution in [0.4, 0.5) is 13.2 Å². The van der Waals surface area contributed by atoms with Crippen molar-refractivity contribution in [3.63, 3.8) is 0 Å². The zero-order valence-corrected chi connectivity index (χ0v) is 15.1.